The van der Waals surface area contributed by atoms with Gasteiger partial charge in [-0.15, -0.1) is 0 Å². The number of nitrogens with one attached hydrogen (secondary N) is 2. The highest BCUT2D eigenvalue weighted by atomic mass is 32.2. The molecule has 0 saturated heterocycles. The van der Waals surface area contributed by atoms with Gasteiger partial charge in [0.2, 0.25) is 0 Å². The molecule has 3 rings (SSSR count). The number of H-pyrrole nitrogens is 1. The molecule has 1 aromatic heterocycles. The zero-order valence-corrected chi connectivity index (χ0v) is 17.5. The van der Waals surface area contributed by atoms with Gasteiger partial charge in [-0.05, 0) is 43.2 Å². The number of sulfone groups is 1. The third-order valence-electron chi connectivity index (χ3n) is 4.71. The first-order valence-corrected chi connectivity index (χ1v) is 11.3. The molecule has 30 heavy (non-hydrogen) atoms. The molecule has 0 radical (unpaired) electrons. The second-order valence-corrected chi connectivity index (χ2v) is 9.08. The maximum atomic E-state index is 14.0. The molecule has 0 saturated carbocycles. The van der Waals surface area contributed by atoms with E-state index in [9.17, 15) is 22.4 Å². The van der Waals surface area contributed by atoms with E-state index in [2.05, 4.69) is 10.3 Å². The predicted octanol–water partition coefficient (Wildman–Crippen LogP) is 2.71. The van der Waals surface area contributed by atoms with Crippen LogP contribution in [0.5, 0.6) is 5.75 Å². The van der Waals surface area contributed by atoms with Crippen LogP contribution in [0.1, 0.15) is 35.7 Å². The second-order valence-electron chi connectivity index (χ2n) is 7.15. The maximum absolute atomic E-state index is 14.0. The summed E-state index contributed by atoms with van der Waals surface area (Å²) in [4.78, 5) is 27.5. The zero-order valence-electron chi connectivity index (χ0n) is 16.7. The fourth-order valence-corrected chi connectivity index (χ4v) is 4.28. The molecule has 1 aliphatic rings. The van der Waals surface area contributed by atoms with Crippen molar-refractivity contribution in [1.82, 2.24) is 10.3 Å². The number of ether oxygens (including phenoxy) is 1. The summed E-state index contributed by atoms with van der Waals surface area (Å²) < 4.78 is 42.6. The van der Waals surface area contributed by atoms with Gasteiger partial charge >= 0.3 is 0 Å². The van der Waals surface area contributed by atoms with Crippen LogP contribution in [0.25, 0.3) is 11.3 Å². The Bertz CT molecular complexity index is 1150. The van der Waals surface area contributed by atoms with Crippen molar-refractivity contribution in [2.75, 3.05) is 12.4 Å². The van der Waals surface area contributed by atoms with Crippen molar-refractivity contribution in [2.45, 2.75) is 32.7 Å². The van der Waals surface area contributed by atoms with Crippen LogP contribution in [0, 0.1) is 12.7 Å². The normalized spacial score (nSPS) is 17.1. The number of aromatic nitrogens is 1. The van der Waals surface area contributed by atoms with Gasteiger partial charge in [0.15, 0.2) is 9.84 Å². The van der Waals surface area contributed by atoms with Gasteiger partial charge in [-0.1, -0.05) is 13.3 Å². The molecule has 7 nitrogen and oxygen atoms in total. The fourth-order valence-electron chi connectivity index (χ4n) is 3.04. The predicted molar refractivity (Wildman–Crippen MR) is 112 cm³/mol. The van der Waals surface area contributed by atoms with E-state index < -0.39 is 33.2 Å². The van der Waals surface area contributed by atoms with E-state index in [0.29, 0.717) is 29.2 Å². The number of aromatic amines is 1. The van der Waals surface area contributed by atoms with E-state index in [1.165, 1.54) is 24.3 Å². The summed E-state index contributed by atoms with van der Waals surface area (Å²) >= 11 is 0. The largest absolute Gasteiger partial charge is 0.493 e. The maximum Gasteiger partial charge on any atom is 0.261 e. The van der Waals surface area contributed by atoms with Crippen LogP contribution in [-0.2, 0) is 9.84 Å². The third-order valence-corrected chi connectivity index (χ3v) is 6.10. The molecule has 1 aromatic carbocycles. The first-order chi connectivity index (χ1) is 14.2. The highest BCUT2D eigenvalue weighted by molar-refractivity contribution is 7.94. The molecule has 2 N–H and O–H groups in total. The standard InChI is InChI=1S/C21H23FN2O5S/c1-3-4-8-29-19-11-17(22)13(2)10-16(19)18-6-5-15(21(26)24-18)20(25)23-14-7-9-30(27,28)12-14/h5-7,9-11,14H,3-4,8,12H2,1-2H3,(H,23,25)(H,24,26)/t14-/m1/s1. The number of halogens is 1. The van der Waals surface area contributed by atoms with Crippen molar-refractivity contribution >= 4 is 15.7 Å². The zero-order chi connectivity index (χ0) is 21.9. The third kappa shape index (κ3) is 4.96. The number of hydrogen-bond donors (Lipinski definition) is 2. The average Bonchev–Trinajstić information content (AvgIpc) is 3.02. The van der Waals surface area contributed by atoms with Crippen LogP contribution in [0.3, 0.4) is 0 Å². The Morgan fingerprint density at radius 2 is 2.10 bits per heavy atom. The van der Waals surface area contributed by atoms with Crippen LogP contribution in [0.15, 0.2) is 40.5 Å². The van der Waals surface area contributed by atoms with Crippen LogP contribution in [0.2, 0.25) is 0 Å². The number of hydrogen-bond acceptors (Lipinski definition) is 5. The Balaban J connectivity index is 1.86. The lowest BCUT2D eigenvalue weighted by atomic mass is 10.1. The Morgan fingerprint density at radius 3 is 2.73 bits per heavy atom. The van der Waals surface area contributed by atoms with Crippen LogP contribution in [0.4, 0.5) is 4.39 Å². The van der Waals surface area contributed by atoms with Gasteiger partial charge in [0.25, 0.3) is 11.5 Å². The molecule has 0 aliphatic carbocycles. The summed E-state index contributed by atoms with van der Waals surface area (Å²) in [7, 11) is -3.32. The quantitative estimate of drug-likeness (QED) is 0.652. The number of carbonyl (C=O) groups excluding carboxylic acids is 1. The Morgan fingerprint density at radius 1 is 1.33 bits per heavy atom. The minimum Gasteiger partial charge on any atom is -0.493 e. The SMILES string of the molecule is CCCCOc1cc(F)c(C)cc1-c1ccc(C(=O)N[C@@H]2C=CS(=O)(=O)C2)c(=O)[nH]1. The van der Waals surface area contributed by atoms with Crippen LogP contribution in [-0.4, -0.2) is 37.7 Å². The molecule has 0 spiro atoms. The van der Waals surface area contributed by atoms with E-state index in [4.69, 9.17) is 4.74 Å². The van der Waals surface area contributed by atoms with Gasteiger partial charge in [0.1, 0.15) is 17.1 Å². The van der Waals surface area contributed by atoms with E-state index in [-0.39, 0.29) is 11.3 Å². The summed E-state index contributed by atoms with van der Waals surface area (Å²) in [6, 6.07) is 5.07. The number of unbranched alkanes of at least 4 members (excludes halogenated alkanes) is 1. The molecule has 1 atom stereocenters. The van der Waals surface area contributed by atoms with Crippen molar-refractivity contribution < 1.29 is 22.3 Å². The van der Waals surface area contributed by atoms with Crippen molar-refractivity contribution in [3.63, 3.8) is 0 Å². The van der Waals surface area contributed by atoms with Gasteiger partial charge in [0.05, 0.1) is 24.1 Å². The molecule has 9 heteroatoms. The lowest BCUT2D eigenvalue weighted by molar-refractivity contribution is 0.0946. The molecule has 160 valence electrons. The van der Waals surface area contributed by atoms with E-state index >= 15 is 0 Å². The Kier molecular flexibility index (Phi) is 6.40. The molecule has 2 aromatic rings. The number of rotatable bonds is 7. The fraction of sp³-hybridized carbons (Fsp3) is 0.333. The molecule has 1 amide bonds. The number of amides is 1. The van der Waals surface area contributed by atoms with Gasteiger partial charge < -0.3 is 15.0 Å². The monoisotopic (exact) mass is 434 g/mol. The molecule has 0 bridgehead atoms. The molecular formula is C21H23FN2O5S. The summed E-state index contributed by atoms with van der Waals surface area (Å²) in [5, 5.41) is 3.56. The van der Waals surface area contributed by atoms with Crippen molar-refractivity contribution in [1.29, 1.82) is 0 Å². The van der Waals surface area contributed by atoms with E-state index in [1.54, 1.807) is 13.0 Å². The van der Waals surface area contributed by atoms with Gasteiger partial charge in [-0.3, -0.25) is 9.59 Å². The van der Waals surface area contributed by atoms with E-state index in [1.807, 2.05) is 6.92 Å². The summed E-state index contributed by atoms with van der Waals surface area (Å²) in [6.45, 7) is 4.03. The Hall–Kier alpha value is -2.94. The van der Waals surface area contributed by atoms with Crippen LogP contribution < -0.4 is 15.6 Å². The summed E-state index contributed by atoms with van der Waals surface area (Å²) in [5.41, 5.74) is 0.498. The lowest BCUT2D eigenvalue weighted by Gasteiger charge is -2.14. The number of pyridine rings is 1. The molecule has 0 fully saturated rings. The molecular weight excluding hydrogens is 411 g/mol. The van der Waals surface area contributed by atoms with Gasteiger partial charge in [-0.25, -0.2) is 12.8 Å². The van der Waals surface area contributed by atoms with Gasteiger partial charge in [0, 0.05) is 17.0 Å². The summed E-state index contributed by atoms with van der Waals surface area (Å²) in [5.74, 6) is -1.02. The molecule has 2 heterocycles. The Labute approximate surface area is 173 Å². The highest BCUT2D eigenvalue weighted by Crippen LogP contribution is 2.31. The number of aryl methyl sites for hydroxylation is 1. The number of carbonyl (C=O) groups is 1. The van der Waals surface area contributed by atoms with Crippen molar-refractivity contribution in [2.24, 2.45) is 0 Å². The second kappa shape index (κ2) is 8.83. The highest BCUT2D eigenvalue weighted by Gasteiger charge is 2.24. The van der Waals surface area contributed by atoms with Crippen LogP contribution >= 0.6 is 0 Å². The minimum absolute atomic E-state index is 0.149. The first-order valence-electron chi connectivity index (χ1n) is 9.58. The lowest BCUT2D eigenvalue weighted by Crippen LogP contribution is -2.38. The van der Waals surface area contributed by atoms with Crippen molar-refractivity contribution in [3.8, 4) is 17.0 Å². The van der Waals surface area contributed by atoms with E-state index in [0.717, 1.165) is 18.2 Å². The molecule has 0 unspecified atom stereocenters. The van der Waals surface area contributed by atoms with Gasteiger partial charge in [-0.2, -0.15) is 0 Å². The van der Waals surface area contributed by atoms with Crippen molar-refractivity contribution in [3.05, 3.63) is 63.0 Å². The molecule has 1 aliphatic heterocycles. The first kappa shape index (κ1) is 21.8. The minimum atomic E-state index is -3.32. The number of benzene rings is 1. The topological polar surface area (TPSA) is 105 Å². The summed E-state index contributed by atoms with van der Waals surface area (Å²) in [6.07, 6.45) is 3.09. The average molecular weight is 434 g/mol. The smallest absolute Gasteiger partial charge is 0.261 e.